The molecule has 3 saturated heterocycles. The molecule has 0 aliphatic carbocycles. The van der Waals surface area contributed by atoms with Crippen molar-refractivity contribution in [1.82, 2.24) is 0 Å². The van der Waals surface area contributed by atoms with Gasteiger partial charge in [0.2, 0.25) is 0 Å². The summed E-state index contributed by atoms with van der Waals surface area (Å²) in [7, 11) is 2.38. The number of nitrogens with zero attached hydrogens (tertiary/aromatic N) is 1. The van der Waals surface area contributed by atoms with E-state index in [9.17, 15) is 4.79 Å². The number of hydrogen-bond acceptors (Lipinski definition) is 3. The van der Waals surface area contributed by atoms with E-state index in [1.54, 1.807) is 0 Å². The van der Waals surface area contributed by atoms with E-state index in [0.717, 1.165) is 22.9 Å². The number of carbonyl (C=O) groups is 1. The molecule has 2 bridgehead atoms. The van der Waals surface area contributed by atoms with Gasteiger partial charge in [-0.25, -0.2) is 4.79 Å². The average Bonchev–Trinajstić information content (AvgIpc) is 3.38. The van der Waals surface area contributed by atoms with E-state index in [4.69, 9.17) is 9.47 Å². The van der Waals surface area contributed by atoms with Crippen molar-refractivity contribution < 1.29 is 18.8 Å². The highest BCUT2D eigenvalue weighted by molar-refractivity contribution is 6.15. The number of quaternary nitrogens is 1. The third-order valence-corrected chi connectivity index (χ3v) is 6.48. The summed E-state index contributed by atoms with van der Waals surface area (Å²) in [6, 6.07) is 10.5. The molecule has 3 aliphatic rings. The average molecular weight is 342 g/mol. The highest BCUT2D eigenvalue weighted by Crippen LogP contribution is 2.52. The maximum Gasteiger partial charge on any atom is 0.338 e. The zero-order valence-electron chi connectivity index (χ0n) is 15.2. The molecule has 3 fully saturated rings. The maximum atomic E-state index is 12.5. The first-order chi connectivity index (χ1) is 12.0. The Kier molecular flexibility index (Phi) is 4.20. The Bertz CT molecular complexity index is 653. The number of rotatable bonds is 6. The smallest absolute Gasteiger partial charge is 0.338 e. The number of carbonyl (C=O) groups excluding carboxylic acids is 1. The van der Waals surface area contributed by atoms with Crippen LogP contribution < -0.4 is 0 Å². The lowest BCUT2D eigenvalue weighted by atomic mass is 9.94. The number of esters is 1. The molecule has 4 nitrogen and oxygen atoms in total. The van der Waals surface area contributed by atoms with Crippen LogP contribution in [0.25, 0.3) is 5.57 Å². The number of likely N-dealkylation sites (N-methyl/N-ethyl adjacent to an activating group) is 1. The van der Waals surface area contributed by atoms with E-state index >= 15 is 0 Å². The molecule has 4 heteroatoms. The van der Waals surface area contributed by atoms with Gasteiger partial charge in [-0.05, 0) is 12.0 Å². The SMILES string of the molecule is C=C(C(=O)OC1CC2C3OC3C(C1)[N+]2(C)CCCC)c1ccccc1. The lowest BCUT2D eigenvalue weighted by molar-refractivity contribution is -0.956. The van der Waals surface area contributed by atoms with Crippen LogP contribution >= 0.6 is 0 Å². The van der Waals surface area contributed by atoms with Gasteiger partial charge in [-0.2, -0.15) is 0 Å². The number of epoxide rings is 1. The Balaban J connectivity index is 1.42. The van der Waals surface area contributed by atoms with Crippen LogP contribution in [0.4, 0.5) is 0 Å². The Labute approximate surface area is 150 Å². The molecule has 0 radical (unpaired) electrons. The molecule has 4 unspecified atom stereocenters. The molecule has 4 atom stereocenters. The van der Waals surface area contributed by atoms with Crippen LogP contribution in [-0.4, -0.2) is 54.4 Å². The highest BCUT2D eigenvalue weighted by Gasteiger charge is 2.71. The lowest BCUT2D eigenvalue weighted by Crippen LogP contribution is -2.62. The molecule has 0 N–H and O–H groups in total. The Morgan fingerprint density at radius 3 is 2.48 bits per heavy atom. The minimum atomic E-state index is -0.283. The molecule has 3 heterocycles. The first kappa shape index (κ1) is 16.8. The van der Waals surface area contributed by atoms with Crippen LogP contribution in [0, 0.1) is 0 Å². The Morgan fingerprint density at radius 2 is 1.88 bits per heavy atom. The summed E-state index contributed by atoms with van der Waals surface area (Å²) >= 11 is 0. The summed E-state index contributed by atoms with van der Waals surface area (Å²) in [6.45, 7) is 7.39. The van der Waals surface area contributed by atoms with Crippen molar-refractivity contribution in [2.45, 2.75) is 63.0 Å². The number of piperidine rings is 1. The fourth-order valence-electron chi connectivity index (χ4n) is 4.96. The van der Waals surface area contributed by atoms with Crippen molar-refractivity contribution in [1.29, 1.82) is 0 Å². The number of fused-ring (bicyclic) bond motifs is 5. The predicted molar refractivity (Wildman–Crippen MR) is 96.8 cm³/mol. The minimum Gasteiger partial charge on any atom is -0.458 e. The lowest BCUT2D eigenvalue weighted by Gasteiger charge is -2.48. The predicted octanol–water partition coefficient (Wildman–Crippen LogP) is 3.17. The highest BCUT2D eigenvalue weighted by atomic mass is 16.6. The monoisotopic (exact) mass is 342 g/mol. The molecule has 1 aromatic rings. The van der Waals surface area contributed by atoms with Crippen molar-refractivity contribution in [2.24, 2.45) is 0 Å². The normalized spacial score (nSPS) is 38.1. The molecule has 134 valence electrons. The molecule has 0 spiro atoms. The molecule has 0 amide bonds. The fourth-order valence-corrected chi connectivity index (χ4v) is 4.96. The number of hydrogen-bond donors (Lipinski definition) is 0. The zero-order chi connectivity index (χ0) is 17.6. The number of unbranched alkanes of at least 4 members (excludes halogenated alkanes) is 1. The Morgan fingerprint density at radius 1 is 1.24 bits per heavy atom. The summed E-state index contributed by atoms with van der Waals surface area (Å²) < 4.78 is 12.9. The Hall–Kier alpha value is -1.65. The zero-order valence-corrected chi connectivity index (χ0v) is 15.2. The molecule has 0 aromatic heterocycles. The summed E-state index contributed by atoms with van der Waals surface area (Å²) in [5.74, 6) is -0.283. The molecule has 1 aromatic carbocycles. The van der Waals surface area contributed by atoms with E-state index in [1.165, 1.54) is 19.4 Å². The molecule has 25 heavy (non-hydrogen) atoms. The van der Waals surface area contributed by atoms with Crippen molar-refractivity contribution >= 4 is 11.5 Å². The number of ether oxygens (including phenoxy) is 2. The maximum absolute atomic E-state index is 12.5. The van der Waals surface area contributed by atoms with Gasteiger partial charge in [-0.15, -0.1) is 0 Å². The first-order valence-electron chi connectivity index (χ1n) is 9.50. The van der Waals surface area contributed by atoms with E-state index in [0.29, 0.717) is 29.9 Å². The second-order valence-corrected chi connectivity index (χ2v) is 7.97. The summed E-state index contributed by atoms with van der Waals surface area (Å²) in [4.78, 5) is 12.5. The fraction of sp³-hybridized carbons (Fsp3) is 0.571. The van der Waals surface area contributed by atoms with Gasteiger partial charge in [0.1, 0.15) is 30.4 Å². The molecule has 3 aliphatic heterocycles. The van der Waals surface area contributed by atoms with Crippen LogP contribution in [0.15, 0.2) is 36.9 Å². The minimum absolute atomic E-state index is 0.00723. The largest absolute Gasteiger partial charge is 0.458 e. The van der Waals surface area contributed by atoms with Crippen LogP contribution in [0.5, 0.6) is 0 Å². The van der Waals surface area contributed by atoms with Crippen molar-refractivity contribution in [3.05, 3.63) is 42.5 Å². The molecular weight excluding hydrogens is 314 g/mol. The summed E-state index contributed by atoms with van der Waals surface area (Å²) in [5, 5.41) is 0. The number of morpholine rings is 1. The number of benzene rings is 1. The topological polar surface area (TPSA) is 38.8 Å². The standard InChI is InChI=1S/C21H28NO3/c1-4-5-11-22(3)17-12-16(13-18(22)20-19(17)25-20)24-21(23)14(2)15-9-7-6-8-10-15/h6-10,16-20H,2,4-5,11-13H2,1,3H3/q+1. The van der Waals surface area contributed by atoms with Gasteiger partial charge >= 0.3 is 5.97 Å². The third kappa shape index (κ3) is 2.81. The summed E-state index contributed by atoms with van der Waals surface area (Å²) in [6.07, 6.45) is 5.04. The molecular formula is C21H28NO3+. The molecule has 4 rings (SSSR count). The van der Waals surface area contributed by atoms with Crippen LogP contribution in [0.1, 0.15) is 38.2 Å². The van der Waals surface area contributed by atoms with Crippen LogP contribution in [0.3, 0.4) is 0 Å². The second-order valence-electron chi connectivity index (χ2n) is 7.97. The van der Waals surface area contributed by atoms with Gasteiger partial charge in [-0.1, -0.05) is 50.3 Å². The van der Waals surface area contributed by atoms with Gasteiger partial charge in [0.25, 0.3) is 0 Å². The van der Waals surface area contributed by atoms with Gasteiger partial charge in [0.05, 0.1) is 19.2 Å². The third-order valence-electron chi connectivity index (χ3n) is 6.48. The van der Waals surface area contributed by atoms with Gasteiger partial charge < -0.3 is 14.0 Å². The summed E-state index contributed by atoms with van der Waals surface area (Å²) in [5.41, 5.74) is 1.28. The van der Waals surface area contributed by atoms with E-state index < -0.39 is 0 Å². The second kappa shape index (κ2) is 6.26. The van der Waals surface area contributed by atoms with Crippen molar-refractivity contribution in [2.75, 3.05) is 13.6 Å². The van der Waals surface area contributed by atoms with E-state index in [-0.39, 0.29) is 12.1 Å². The van der Waals surface area contributed by atoms with Crippen molar-refractivity contribution in [3.63, 3.8) is 0 Å². The van der Waals surface area contributed by atoms with E-state index in [2.05, 4.69) is 20.6 Å². The van der Waals surface area contributed by atoms with Crippen molar-refractivity contribution in [3.8, 4) is 0 Å². The molecule has 0 saturated carbocycles. The van der Waals surface area contributed by atoms with Crippen LogP contribution in [0.2, 0.25) is 0 Å². The van der Waals surface area contributed by atoms with Gasteiger partial charge in [0, 0.05) is 12.8 Å². The van der Waals surface area contributed by atoms with Crippen LogP contribution in [-0.2, 0) is 14.3 Å². The van der Waals surface area contributed by atoms with Gasteiger partial charge in [-0.3, -0.25) is 0 Å². The van der Waals surface area contributed by atoms with Gasteiger partial charge in [0.15, 0.2) is 0 Å². The first-order valence-corrected chi connectivity index (χ1v) is 9.50. The quantitative estimate of drug-likeness (QED) is 0.345. The van der Waals surface area contributed by atoms with E-state index in [1.807, 2.05) is 30.3 Å².